The van der Waals surface area contributed by atoms with Gasteiger partial charge in [0.15, 0.2) is 5.78 Å². The van der Waals surface area contributed by atoms with Gasteiger partial charge in [-0.3, -0.25) is 4.79 Å². The quantitative estimate of drug-likeness (QED) is 0.868. The van der Waals surface area contributed by atoms with Crippen LogP contribution in [0.1, 0.15) is 24.8 Å². The molecule has 102 valence electrons. The highest BCUT2D eigenvalue weighted by Gasteiger charge is 2.15. The summed E-state index contributed by atoms with van der Waals surface area (Å²) >= 11 is 1.47. The molecule has 0 fully saturated rings. The van der Waals surface area contributed by atoms with Crippen molar-refractivity contribution >= 4 is 17.5 Å². The molecule has 0 aliphatic heterocycles. The van der Waals surface area contributed by atoms with Gasteiger partial charge in [0.2, 0.25) is 5.16 Å². The van der Waals surface area contributed by atoms with E-state index >= 15 is 0 Å². The van der Waals surface area contributed by atoms with E-state index in [0.717, 1.165) is 29.0 Å². The lowest BCUT2D eigenvalue weighted by atomic mass is 10.1. The Morgan fingerprint density at radius 1 is 1.30 bits per heavy atom. The molecule has 1 heterocycles. The highest BCUT2D eigenvalue weighted by atomic mass is 32.2. The summed E-state index contributed by atoms with van der Waals surface area (Å²) in [6, 6.07) is 8.00. The largest absolute Gasteiger partial charge is 0.295 e. The first-order valence-electron chi connectivity index (χ1n) is 6.49. The molecule has 0 saturated heterocycles. The third-order valence-corrected chi connectivity index (χ3v) is 4.10. The number of rotatable bonds is 3. The van der Waals surface area contributed by atoms with Crippen LogP contribution in [0.15, 0.2) is 40.4 Å². The molecule has 0 amide bonds. The molecule has 1 aliphatic rings. The van der Waals surface area contributed by atoms with E-state index in [1.807, 2.05) is 31.2 Å². The van der Waals surface area contributed by atoms with E-state index in [9.17, 15) is 4.79 Å². The summed E-state index contributed by atoms with van der Waals surface area (Å²) in [5.74, 6) is 0.188. The molecule has 0 radical (unpaired) electrons. The highest BCUT2D eigenvalue weighted by molar-refractivity contribution is 8.03. The number of tetrazole rings is 1. The van der Waals surface area contributed by atoms with Gasteiger partial charge in [-0.1, -0.05) is 23.9 Å². The highest BCUT2D eigenvalue weighted by Crippen LogP contribution is 2.31. The molecule has 0 unspecified atom stereocenters. The summed E-state index contributed by atoms with van der Waals surface area (Å²) in [6.45, 7) is 2.03. The Labute approximate surface area is 121 Å². The standard InChI is InChI=1S/C14H14N4OS/c1-10-4-2-5-11(8-10)18-14(15-16-17-18)20-13-7-3-6-12(19)9-13/h2,4-5,8-9H,3,6-7H2,1H3. The van der Waals surface area contributed by atoms with Gasteiger partial charge in [0.25, 0.3) is 0 Å². The summed E-state index contributed by atoms with van der Waals surface area (Å²) in [5.41, 5.74) is 2.08. The zero-order chi connectivity index (χ0) is 13.9. The molecule has 0 atom stereocenters. The number of thioether (sulfide) groups is 1. The van der Waals surface area contributed by atoms with E-state index in [4.69, 9.17) is 0 Å². The Hall–Kier alpha value is -1.95. The van der Waals surface area contributed by atoms with Crippen LogP contribution in [-0.2, 0) is 4.79 Å². The molecule has 1 aromatic heterocycles. The number of allylic oxidation sites excluding steroid dienone is 2. The molecule has 0 spiro atoms. The van der Waals surface area contributed by atoms with Crippen LogP contribution in [0.5, 0.6) is 0 Å². The van der Waals surface area contributed by atoms with E-state index in [1.165, 1.54) is 11.8 Å². The SMILES string of the molecule is Cc1cccc(-n2nnnc2SC2=CC(=O)CCC2)c1. The molecule has 1 aromatic carbocycles. The average molecular weight is 286 g/mol. The second kappa shape index (κ2) is 5.58. The minimum absolute atomic E-state index is 0.188. The van der Waals surface area contributed by atoms with Gasteiger partial charge < -0.3 is 0 Å². The van der Waals surface area contributed by atoms with Gasteiger partial charge in [-0.05, 0) is 58.9 Å². The third-order valence-electron chi connectivity index (χ3n) is 3.08. The van der Waals surface area contributed by atoms with Gasteiger partial charge >= 0.3 is 0 Å². The summed E-state index contributed by atoms with van der Waals surface area (Å²) in [6.07, 6.45) is 4.18. The van der Waals surface area contributed by atoms with Crippen LogP contribution in [0.25, 0.3) is 5.69 Å². The molecule has 6 heteroatoms. The van der Waals surface area contributed by atoms with Crippen molar-refractivity contribution in [2.45, 2.75) is 31.3 Å². The van der Waals surface area contributed by atoms with E-state index < -0.39 is 0 Å². The number of ketones is 1. The van der Waals surface area contributed by atoms with Crippen molar-refractivity contribution in [3.63, 3.8) is 0 Å². The van der Waals surface area contributed by atoms with Gasteiger partial charge in [0.1, 0.15) is 0 Å². The van der Waals surface area contributed by atoms with Gasteiger partial charge in [-0.25, -0.2) is 0 Å². The fraction of sp³-hybridized carbons (Fsp3) is 0.286. The Morgan fingerprint density at radius 3 is 3.00 bits per heavy atom. The maximum Gasteiger partial charge on any atom is 0.218 e. The van der Waals surface area contributed by atoms with Crippen LogP contribution >= 0.6 is 11.8 Å². The number of aromatic nitrogens is 4. The maximum absolute atomic E-state index is 11.5. The molecule has 0 saturated carbocycles. The van der Waals surface area contributed by atoms with Crippen molar-refractivity contribution in [1.29, 1.82) is 0 Å². The van der Waals surface area contributed by atoms with E-state index in [2.05, 4.69) is 15.5 Å². The minimum Gasteiger partial charge on any atom is -0.295 e. The second-order valence-corrected chi connectivity index (χ2v) is 5.84. The topological polar surface area (TPSA) is 60.7 Å². The van der Waals surface area contributed by atoms with Crippen LogP contribution in [-0.4, -0.2) is 26.0 Å². The van der Waals surface area contributed by atoms with E-state index in [-0.39, 0.29) is 5.78 Å². The summed E-state index contributed by atoms with van der Waals surface area (Å²) in [4.78, 5) is 12.5. The lowest BCUT2D eigenvalue weighted by molar-refractivity contribution is -0.115. The Balaban J connectivity index is 1.89. The Kier molecular flexibility index (Phi) is 3.64. The fourth-order valence-electron chi connectivity index (χ4n) is 2.12. The predicted octanol–water partition coefficient (Wildman–Crippen LogP) is 2.70. The van der Waals surface area contributed by atoms with Crippen molar-refractivity contribution in [3.8, 4) is 5.69 Å². The van der Waals surface area contributed by atoms with Crippen LogP contribution in [0.4, 0.5) is 0 Å². The number of carbonyl (C=O) groups is 1. The maximum atomic E-state index is 11.5. The monoisotopic (exact) mass is 286 g/mol. The summed E-state index contributed by atoms with van der Waals surface area (Å²) in [7, 11) is 0. The molecule has 20 heavy (non-hydrogen) atoms. The first-order chi connectivity index (χ1) is 9.72. The molecule has 0 N–H and O–H groups in total. The van der Waals surface area contributed by atoms with Crippen molar-refractivity contribution in [3.05, 3.63) is 40.8 Å². The van der Waals surface area contributed by atoms with Crippen molar-refractivity contribution < 1.29 is 4.79 Å². The number of carbonyl (C=O) groups excluding carboxylic acids is 1. The normalized spacial score (nSPS) is 15.2. The number of nitrogens with zero attached hydrogens (tertiary/aromatic N) is 4. The summed E-state index contributed by atoms with van der Waals surface area (Å²) in [5, 5.41) is 12.5. The van der Waals surface area contributed by atoms with Gasteiger partial charge in [0.05, 0.1) is 5.69 Å². The van der Waals surface area contributed by atoms with E-state index in [0.29, 0.717) is 11.6 Å². The predicted molar refractivity (Wildman–Crippen MR) is 76.7 cm³/mol. The number of aryl methyl sites for hydroxylation is 1. The second-order valence-electron chi connectivity index (χ2n) is 4.74. The van der Waals surface area contributed by atoms with Gasteiger partial charge in [0, 0.05) is 6.42 Å². The molecule has 0 bridgehead atoms. The average Bonchev–Trinajstić information content (AvgIpc) is 2.87. The van der Waals surface area contributed by atoms with Crippen molar-refractivity contribution in [1.82, 2.24) is 20.2 Å². The number of hydrogen-bond acceptors (Lipinski definition) is 5. The van der Waals surface area contributed by atoms with Crippen LogP contribution in [0, 0.1) is 6.92 Å². The Bertz CT molecular complexity index is 677. The van der Waals surface area contributed by atoms with Gasteiger partial charge in [-0.2, -0.15) is 4.68 Å². The summed E-state index contributed by atoms with van der Waals surface area (Å²) < 4.78 is 1.71. The first kappa shape index (κ1) is 13.1. The molecule has 2 aromatic rings. The zero-order valence-corrected chi connectivity index (χ0v) is 11.9. The molecule has 1 aliphatic carbocycles. The van der Waals surface area contributed by atoms with E-state index in [1.54, 1.807) is 10.8 Å². The molecule has 5 nitrogen and oxygen atoms in total. The van der Waals surface area contributed by atoms with Crippen molar-refractivity contribution in [2.75, 3.05) is 0 Å². The number of benzene rings is 1. The van der Waals surface area contributed by atoms with Crippen molar-refractivity contribution in [2.24, 2.45) is 0 Å². The lowest BCUT2D eigenvalue weighted by Crippen LogP contribution is -2.03. The van der Waals surface area contributed by atoms with Crippen LogP contribution in [0.3, 0.4) is 0 Å². The van der Waals surface area contributed by atoms with Crippen LogP contribution < -0.4 is 0 Å². The fourth-order valence-corrected chi connectivity index (χ4v) is 3.10. The molecular formula is C14H14N4OS. The number of hydrogen-bond donors (Lipinski definition) is 0. The minimum atomic E-state index is 0.188. The third kappa shape index (κ3) is 2.80. The molecule has 3 rings (SSSR count). The zero-order valence-electron chi connectivity index (χ0n) is 11.1. The molecular weight excluding hydrogens is 272 g/mol. The lowest BCUT2D eigenvalue weighted by Gasteiger charge is -2.11. The first-order valence-corrected chi connectivity index (χ1v) is 7.31. The Morgan fingerprint density at radius 2 is 2.20 bits per heavy atom. The van der Waals surface area contributed by atoms with Gasteiger partial charge in [-0.15, -0.1) is 5.10 Å². The smallest absolute Gasteiger partial charge is 0.218 e. The van der Waals surface area contributed by atoms with Crippen LogP contribution in [0.2, 0.25) is 0 Å².